The van der Waals surface area contributed by atoms with Crippen molar-refractivity contribution in [3.05, 3.63) is 28.8 Å². The van der Waals surface area contributed by atoms with Gasteiger partial charge in [0.1, 0.15) is 11.0 Å². The van der Waals surface area contributed by atoms with E-state index in [1.54, 1.807) is 0 Å². The summed E-state index contributed by atoms with van der Waals surface area (Å²) in [7, 11) is 0. The Hall–Kier alpha value is 0.240. The quantitative estimate of drug-likeness (QED) is 0.504. The average Bonchev–Trinajstić information content (AvgIpc) is 1.82. The number of alkyl halides is 3. The van der Waals surface area contributed by atoms with Gasteiger partial charge in [0.15, 0.2) is 0 Å². The van der Waals surface area contributed by atoms with Gasteiger partial charge in [-0.2, -0.15) is 0 Å². The Kier molecular flexibility index (Phi) is 3.05. The van der Waals surface area contributed by atoms with Crippen LogP contribution in [0.3, 0.4) is 0 Å². The number of hydrogen-bond donors (Lipinski definition) is 0. The summed E-state index contributed by atoms with van der Waals surface area (Å²) < 4.78 is 11.1. The van der Waals surface area contributed by atoms with Crippen LogP contribution in [0.25, 0.3) is 0 Å². The van der Waals surface area contributed by atoms with Crippen LogP contribution < -0.4 is 0 Å². The Labute approximate surface area is 88.4 Å². The largest absolute Gasteiger partial charge is 0.244 e. The van der Waals surface area contributed by atoms with Crippen LogP contribution in [0.5, 0.6) is 0 Å². The molecule has 12 heavy (non-hydrogen) atoms. The number of nitrogens with zero attached hydrogens (tertiary/aromatic N) is 1. The van der Waals surface area contributed by atoms with Gasteiger partial charge in [-0.1, -0.05) is 46.4 Å². The monoisotopic (exact) mass is 247 g/mol. The van der Waals surface area contributed by atoms with Crippen molar-refractivity contribution in [3.63, 3.8) is 0 Å². The highest BCUT2D eigenvalue weighted by Gasteiger charge is 2.30. The third kappa shape index (κ3) is 2.13. The molecule has 1 rings (SSSR count). The summed E-state index contributed by atoms with van der Waals surface area (Å²) in [6.45, 7) is 0. The topological polar surface area (TPSA) is 12.9 Å². The first-order valence-corrected chi connectivity index (χ1v) is 4.31. The molecule has 0 N–H and O–H groups in total. The van der Waals surface area contributed by atoms with E-state index >= 15 is 0 Å². The Balaban J connectivity index is 3.31. The molecule has 0 aliphatic heterocycles. The molecule has 1 aromatic heterocycles. The summed E-state index contributed by atoms with van der Waals surface area (Å²) >= 11 is 21.8. The van der Waals surface area contributed by atoms with Gasteiger partial charge in [-0.25, -0.2) is 9.37 Å². The zero-order chi connectivity index (χ0) is 9.35. The molecular weight excluding hydrogens is 247 g/mol. The molecule has 0 amide bonds. The zero-order valence-electron chi connectivity index (χ0n) is 5.49. The molecule has 1 nitrogen and oxygen atoms in total. The van der Waals surface area contributed by atoms with Crippen molar-refractivity contribution in [2.75, 3.05) is 0 Å². The van der Waals surface area contributed by atoms with Crippen molar-refractivity contribution >= 4 is 46.4 Å². The van der Waals surface area contributed by atoms with E-state index in [1.807, 2.05) is 0 Å². The molecule has 1 heterocycles. The van der Waals surface area contributed by atoms with Crippen LogP contribution >= 0.6 is 46.4 Å². The fraction of sp³-hybridized carbons (Fsp3) is 0.167. The van der Waals surface area contributed by atoms with Gasteiger partial charge in [-0.05, 0) is 6.07 Å². The fourth-order valence-corrected chi connectivity index (χ4v) is 1.64. The minimum absolute atomic E-state index is 0.144. The highest BCUT2D eigenvalue weighted by Crippen LogP contribution is 2.42. The van der Waals surface area contributed by atoms with Gasteiger partial charge < -0.3 is 0 Å². The molecule has 0 saturated carbocycles. The van der Waals surface area contributed by atoms with E-state index in [-0.39, 0.29) is 10.7 Å². The summed E-state index contributed by atoms with van der Waals surface area (Å²) in [6, 6.07) is 1.07. The lowest BCUT2D eigenvalue weighted by molar-refractivity contribution is 0.610. The van der Waals surface area contributed by atoms with Crippen molar-refractivity contribution in [1.82, 2.24) is 4.98 Å². The molecule has 6 heteroatoms. The molecule has 0 fully saturated rings. The van der Waals surface area contributed by atoms with Crippen molar-refractivity contribution in [2.24, 2.45) is 0 Å². The standard InChI is InChI=1S/C6H2Cl4FN/c7-5-4(6(8,9)10)3(11)1-2-12-5/h1-2H. The molecule has 0 aliphatic carbocycles. The highest BCUT2D eigenvalue weighted by atomic mass is 35.6. The maximum Gasteiger partial charge on any atom is 0.221 e. The van der Waals surface area contributed by atoms with E-state index < -0.39 is 9.61 Å². The second kappa shape index (κ2) is 3.54. The molecule has 0 radical (unpaired) electrons. The van der Waals surface area contributed by atoms with Gasteiger partial charge in [0.25, 0.3) is 0 Å². The Morgan fingerprint density at radius 3 is 2.25 bits per heavy atom. The van der Waals surface area contributed by atoms with Crippen LogP contribution in [0.4, 0.5) is 4.39 Å². The van der Waals surface area contributed by atoms with Crippen LogP contribution in [0, 0.1) is 5.82 Å². The molecule has 0 aromatic carbocycles. The molecule has 0 unspecified atom stereocenters. The Morgan fingerprint density at radius 1 is 1.33 bits per heavy atom. The van der Waals surface area contributed by atoms with Crippen LogP contribution in [-0.4, -0.2) is 4.98 Å². The van der Waals surface area contributed by atoms with Gasteiger partial charge in [0.05, 0.1) is 5.56 Å². The van der Waals surface area contributed by atoms with Crippen molar-refractivity contribution in [3.8, 4) is 0 Å². The lowest BCUT2D eigenvalue weighted by Gasteiger charge is -2.12. The molecular formula is C6H2Cl4FN. The number of aromatic nitrogens is 1. The first-order valence-electron chi connectivity index (χ1n) is 2.80. The minimum atomic E-state index is -1.88. The summed E-state index contributed by atoms with van der Waals surface area (Å²) in [6.07, 6.45) is 1.19. The highest BCUT2D eigenvalue weighted by molar-refractivity contribution is 6.67. The summed E-state index contributed by atoms with van der Waals surface area (Å²) in [5, 5.41) is -0.144. The van der Waals surface area contributed by atoms with E-state index in [0.29, 0.717) is 0 Å². The zero-order valence-corrected chi connectivity index (χ0v) is 8.52. The van der Waals surface area contributed by atoms with Crippen LogP contribution in [0.2, 0.25) is 5.15 Å². The van der Waals surface area contributed by atoms with E-state index in [4.69, 9.17) is 46.4 Å². The third-order valence-electron chi connectivity index (χ3n) is 1.14. The lowest BCUT2D eigenvalue weighted by Crippen LogP contribution is -2.05. The van der Waals surface area contributed by atoms with Crippen LogP contribution in [0.1, 0.15) is 5.56 Å². The van der Waals surface area contributed by atoms with Crippen LogP contribution in [0.15, 0.2) is 12.3 Å². The van der Waals surface area contributed by atoms with Gasteiger partial charge in [0.2, 0.25) is 3.79 Å². The molecule has 0 saturated heterocycles. The number of hydrogen-bond acceptors (Lipinski definition) is 1. The van der Waals surface area contributed by atoms with Crippen molar-refractivity contribution < 1.29 is 4.39 Å². The minimum Gasteiger partial charge on any atom is -0.244 e. The van der Waals surface area contributed by atoms with E-state index in [1.165, 1.54) is 6.20 Å². The predicted octanol–water partition coefficient (Wildman–Crippen LogP) is 3.70. The Morgan fingerprint density at radius 2 is 1.92 bits per heavy atom. The average molecular weight is 249 g/mol. The lowest BCUT2D eigenvalue weighted by atomic mass is 10.3. The number of pyridine rings is 1. The fourth-order valence-electron chi connectivity index (χ4n) is 0.667. The van der Waals surface area contributed by atoms with E-state index in [9.17, 15) is 4.39 Å². The second-order valence-corrected chi connectivity index (χ2v) is 4.60. The van der Waals surface area contributed by atoms with Gasteiger partial charge in [0, 0.05) is 6.20 Å². The van der Waals surface area contributed by atoms with E-state index in [0.717, 1.165) is 6.07 Å². The number of halogens is 5. The summed E-state index contributed by atoms with van der Waals surface area (Å²) in [4.78, 5) is 3.58. The Bertz CT molecular complexity index is 276. The van der Waals surface area contributed by atoms with Gasteiger partial charge in [-0.15, -0.1) is 0 Å². The molecule has 0 atom stereocenters. The molecule has 66 valence electrons. The first-order chi connectivity index (χ1) is 5.43. The molecule has 0 bridgehead atoms. The molecule has 0 spiro atoms. The molecule has 0 aliphatic rings. The second-order valence-electron chi connectivity index (χ2n) is 1.96. The maximum atomic E-state index is 13.0. The normalized spacial score (nSPS) is 11.8. The smallest absolute Gasteiger partial charge is 0.221 e. The van der Waals surface area contributed by atoms with Gasteiger partial charge >= 0.3 is 0 Å². The SMILES string of the molecule is Fc1ccnc(Cl)c1C(Cl)(Cl)Cl. The first kappa shape index (κ1) is 10.3. The summed E-state index contributed by atoms with van der Waals surface area (Å²) in [5.41, 5.74) is -0.225. The van der Waals surface area contributed by atoms with Crippen LogP contribution in [-0.2, 0) is 3.79 Å². The third-order valence-corrected chi connectivity index (χ3v) is 1.99. The maximum absolute atomic E-state index is 13.0. The molecule has 1 aromatic rings. The van der Waals surface area contributed by atoms with E-state index in [2.05, 4.69) is 4.98 Å². The van der Waals surface area contributed by atoms with Gasteiger partial charge in [-0.3, -0.25) is 0 Å². The summed E-state index contributed by atoms with van der Waals surface area (Å²) in [5.74, 6) is -0.685. The predicted molar refractivity (Wildman–Crippen MR) is 48.4 cm³/mol. The van der Waals surface area contributed by atoms with Crippen molar-refractivity contribution in [1.29, 1.82) is 0 Å². The number of rotatable bonds is 0. The van der Waals surface area contributed by atoms with Crippen molar-refractivity contribution in [2.45, 2.75) is 3.79 Å².